The van der Waals surface area contributed by atoms with Crippen molar-refractivity contribution >= 4 is 50.8 Å². The molecule has 0 aliphatic carbocycles. The van der Waals surface area contributed by atoms with E-state index in [1.165, 1.54) is 17.0 Å². The Morgan fingerprint density at radius 2 is 1.20 bits per heavy atom. The molecule has 5 heterocycles. The highest BCUT2D eigenvalue weighted by molar-refractivity contribution is 5.99. The SMILES string of the molecule is CC1=COc2c(F)c(F)cc3c(=O)c(C(=O)O)cn1c23.CC1=COc2c(N3CCN(C)CC3)c(F)cc3c(=O)c(C(=O)O)cn1c23. The maximum Gasteiger partial charge on any atom is 0.341 e. The molecule has 0 bridgehead atoms. The van der Waals surface area contributed by atoms with Crippen LogP contribution in [0, 0.1) is 17.5 Å². The van der Waals surface area contributed by atoms with Crippen molar-refractivity contribution in [1.29, 1.82) is 0 Å². The molecule has 2 aromatic carbocycles. The van der Waals surface area contributed by atoms with Gasteiger partial charge in [0.1, 0.15) is 40.4 Å². The fourth-order valence-corrected chi connectivity index (χ4v) is 5.63. The minimum atomic E-state index is -1.44. The first-order valence-corrected chi connectivity index (χ1v) is 13.9. The van der Waals surface area contributed by atoms with Crippen LogP contribution in [0.3, 0.4) is 0 Å². The molecule has 0 spiro atoms. The first kappa shape index (κ1) is 30.5. The number of hydrogen-bond acceptors (Lipinski definition) is 8. The number of carboxylic acid groups (broad SMARTS) is 2. The van der Waals surface area contributed by atoms with Crippen LogP contribution in [0.1, 0.15) is 34.6 Å². The molecule has 1 saturated heterocycles. The van der Waals surface area contributed by atoms with Gasteiger partial charge in [0, 0.05) is 38.6 Å². The Bertz CT molecular complexity index is 2200. The van der Waals surface area contributed by atoms with Crippen LogP contribution in [-0.2, 0) is 0 Å². The Kier molecular flexibility index (Phi) is 7.35. The number of ether oxygens (including phenoxy) is 2. The van der Waals surface area contributed by atoms with Crippen molar-refractivity contribution in [3.05, 3.63) is 86.1 Å². The number of hydrogen-bond donors (Lipinski definition) is 2. The maximum absolute atomic E-state index is 15.0. The number of halogens is 3. The van der Waals surface area contributed by atoms with Crippen LogP contribution in [0.5, 0.6) is 11.5 Å². The normalized spacial score (nSPS) is 15.4. The second-order valence-corrected chi connectivity index (χ2v) is 11.0. The van der Waals surface area contributed by atoms with Gasteiger partial charge in [-0.25, -0.2) is 18.4 Å². The van der Waals surface area contributed by atoms with Gasteiger partial charge in [-0.15, -0.1) is 0 Å². The van der Waals surface area contributed by atoms with Crippen molar-refractivity contribution in [2.24, 2.45) is 0 Å². The average molecular weight is 639 g/mol. The smallest absolute Gasteiger partial charge is 0.341 e. The van der Waals surface area contributed by atoms with Crippen molar-refractivity contribution in [2.45, 2.75) is 13.8 Å². The van der Waals surface area contributed by atoms with Gasteiger partial charge in [-0.1, -0.05) is 0 Å². The first-order valence-electron chi connectivity index (χ1n) is 13.9. The number of rotatable bonds is 3. The summed E-state index contributed by atoms with van der Waals surface area (Å²) in [6.07, 6.45) is 4.94. The summed E-state index contributed by atoms with van der Waals surface area (Å²) in [5.41, 5.74) is -0.750. The maximum atomic E-state index is 15.0. The first-order chi connectivity index (χ1) is 21.8. The number of likely N-dealkylation sites (N-methyl/N-ethyl adjacent to an activating group) is 1. The van der Waals surface area contributed by atoms with E-state index in [0.29, 0.717) is 41.8 Å². The topological polar surface area (TPSA) is 144 Å². The van der Waals surface area contributed by atoms with Gasteiger partial charge in [0.25, 0.3) is 0 Å². The van der Waals surface area contributed by atoms with E-state index in [0.717, 1.165) is 31.6 Å². The van der Waals surface area contributed by atoms with E-state index in [4.69, 9.17) is 14.6 Å². The summed E-state index contributed by atoms with van der Waals surface area (Å²) in [6, 6.07) is 1.81. The number of pyridine rings is 2. The predicted octanol–water partition coefficient (Wildman–Crippen LogP) is 3.99. The van der Waals surface area contributed by atoms with Crippen molar-refractivity contribution in [2.75, 3.05) is 38.1 Å². The molecule has 2 aromatic heterocycles. The third kappa shape index (κ3) is 4.75. The second kappa shape index (κ2) is 11.1. The molecule has 0 amide bonds. The van der Waals surface area contributed by atoms with E-state index in [1.54, 1.807) is 18.4 Å². The van der Waals surface area contributed by atoms with Gasteiger partial charge < -0.3 is 38.6 Å². The summed E-state index contributed by atoms with van der Waals surface area (Å²) in [5, 5.41) is 18.1. The number of aromatic carboxylic acids is 2. The second-order valence-electron chi connectivity index (χ2n) is 11.0. The van der Waals surface area contributed by atoms with Crippen molar-refractivity contribution in [1.82, 2.24) is 14.0 Å². The van der Waals surface area contributed by atoms with Gasteiger partial charge in [0.2, 0.25) is 16.7 Å². The third-order valence-corrected chi connectivity index (χ3v) is 8.04. The predicted molar refractivity (Wildman–Crippen MR) is 161 cm³/mol. The number of allylic oxidation sites excluding steroid dienone is 2. The average Bonchev–Trinajstić information content (AvgIpc) is 3.01. The fourth-order valence-electron chi connectivity index (χ4n) is 5.63. The molecule has 0 radical (unpaired) electrons. The summed E-state index contributed by atoms with van der Waals surface area (Å²) in [7, 11) is 2.01. The van der Waals surface area contributed by atoms with Crippen LogP contribution in [0.15, 0.2) is 46.6 Å². The molecule has 0 saturated carbocycles. The van der Waals surface area contributed by atoms with E-state index >= 15 is 0 Å². The lowest BCUT2D eigenvalue weighted by molar-refractivity contribution is 0.0684. The van der Waals surface area contributed by atoms with Gasteiger partial charge in [-0.05, 0) is 33.0 Å². The summed E-state index contributed by atoms with van der Waals surface area (Å²) in [4.78, 5) is 51.1. The molecular weight excluding hydrogens is 613 g/mol. The molecule has 46 heavy (non-hydrogen) atoms. The number of piperazine rings is 1. The van der Waals surface area contributed by atoms with E-state index in [9.17, 15) is 37.5 Å². The molecule has 15 heteroatoms. The Morgan fingerprint density at radius 1 is 0.739 bits per heavy atom. The summed E-state index contributed by atoms with van der Waals surface area (Å²) >= 11 is 0. The standard InChI is InChI=1S/C18H18FN3O4.C13H7F2NO4/c1-10-9-26-17-14-11(16(23)12(18(24)25)8-22(10)14)7-13(19)15(17)21-5-3-20(2)4-6-21;1-5-4-20-12-9(15)8(14)2-6-10(12)16(5)3-7(11(6)17)13(18)19/h7-9H,3-6H2,1-2H3,(H,24,25);2-4H,1H3,(H,18,19). The number of anilines is 1. The summed E-state index contributed by atoms with van der Waals surface area (Å²) < 4.78 is 55.7. The number of aromatic nitrogens is 2. The molecule has 3 aliphatic heterocycles. The van der Waals surface area contributed by atoms with Gasteiger partial charge in [-0.3, -0.25) is 9.59 Å². The number of carbonyl (C=O) groups is 2. The highest BCUT2D eigenvalue weighted by Gasteiger charge is 2.29. The van der Waals surface area contributed by atoms with Crippen LogP contribution >= 0.6 is 0 Å². The molecule has 12 nitrogen and oxygen atoms in total. The quantitative estimate of drug-likeness (QED) is 0.338. The largest absolute Gasteiger partial charge is 0.477 e. The monoisotopic (exact) mass is 638 g/mol. The number of carboxylic acids is 2. The molecule has 0 unspecified atom stereocenters. The molecule has 1 fully saturated rings. The molecule has 4 aromatic rings. The highest BCUT2D eigenvalue weighted by Crippen LogP contribution is 2.41. The van der Waals surface area contributed by atoms with E-state index in [1.807, 2.05) is 11.9 Å². The van der Waals surface area contributed by atoms with Crippen molar-refractivity contribution < 1.29 is 42.4 Å². The van der Waals surface area contributed by atoms with Gasteiger partial charge in [0.05, 0.1) is 22.2 Å². The lowest BCUT2D eigenvalue weighted by Crippen LogP contribution is -2.45. The third-order valence-electron chi connectivity index (χ3n) is 8.04. The summed E-state index contributed by atoms with van der Waals surface area (Å²) in [5.74, 6) is -6.04. The van der Waals surface area contributed by atoms with E-state index in [2.05, 4.69) is 4.90 Å². The van der Waals surface area contributed by atoms with Crippen LogP contribution in [0.25, 0.3) is 33.2 Å². The lowest BCUT2D eigenvalue weighted by Gasteiger charge is -2.35. The lowest BCUT2D eigenvalue weighted by atomic mass is 10.1. The zero-order valence-electron chi connectivity index (χ0n) is 24.6. The zero-order chi connectivity index (χ0) is 33.2. The van der Waals surface area contributed by atoms with Crippen LogP contribution in [0.2, 0.25) is 0 Å². The van der Waals surface area contributed by atoms with Crippen LogP contribution in [0.4, 0.5) is 18.9 Å². The van der Waals surface area contributed by atoms with Gasteiger partial charge in [-0.2, -0.15) is 4.39 Å². The molecule has 0 atom stereocenters. The Morgan fingerprint density at radius 3 is 1.70 bits per heavy atom. The Hall–Kier alpha value is -5.57. The molecule has 2 N–H and O–H groups in total. The summed E-state index contributed by atoms with van der Waals surface area (Å²) in [6.45, 7) is 6.16. The molecule has 3 aliphatic rings. The van der Waals surface area contributed by atoms with E-state index < -0.39 is 57.1 Å². The Labute approximate surface area is 257 Å². The van der Waals surface area contributed by atoms with Gasteiger partial charge in [0.15, 0.2) is 23.1 Å². The highest BCUT2D eigenvalue weighted by atomic mass is 19.2. The number of nitrogens with zero attached hydrogens (tertiary/aromatic N) is 4. The minimum Gasteiger partial charge on any atom is -0.477 e. The van der Waals surface area contributed by atoms with Crippen molar-refractivity contribution in [3.63, 3.8) is 0 Å². The van der Waals surface area contributed by atoms with Crippen LogP contribution in [-0.4, -0.2) is 69.4 Å². The Balaban J connectivity index is 0.000000167. The van der Waals surface area contributed by atoms with Crippen LogP contribution < -0.4 is 25.2 Å². The van der Waals surface area contributed by atoms with E-state index in [-0.39, 0.29) is 22.0 Å². The zero-order valence-corrected chi connectivity index (χ0v) is 24.6. The number of benzene rings is 2. The minimum absolute atomic E-state index is 0.00253. The molecule has 7 rings (SSSR count). The van der Waals surface area contributed by atoms with Gasteiger partial charge >= 0.3 is 11.9 Å². The molecule has 238 valence electrons. The molecular formula is C31H25F3N4O8. The fraction of sp³-hybridized carbons (Fsp3) is 0.226. The van der Waals surface area contributed by atoms with Crippen molar-refractivity contribution in [3.8, 4) is 11.5 Å².